The van der Waals surface area contributed by atoms with E-state index in [1.165, 1.54) is 5.69 Å². The molecule has 1 aromatic rings. The third-order valence-corrected chi connectivity index (χ3v) is 2.61. The summed E-state index contributed by atoms with van der Waals surface area (Å²) in [5, 5.41) is 0. The van der Waals surface area contributed by atoms with Gasteiger partial charge in [-0.25, -0.2) is 0 Å². The highest BCUT2D eigenvalue weighted by Crippen LogP contribution is 2.13. The molecular formula is C13H21NO2. The molecule has 1 unspecified atom stereocenters. The standard InChI is InChI=1S/C13H21NO2/c1-4-14(10-13(16-3)11-15-2)12-8-6-5-7-9-12/h5-9,13H,4,10-11H2,1-3H3. The number of ether oxygens (including phenoxy) is 2. The summed E-state index contributed by atoms with van der Waals surface area (Å²) in [4.78, 5) is 2.28. The first kappa shape index (κ1) is 13.0. The molecule has 0 radical (unpaired) electrons. The predicted molar refractivity (Wildman–Crippen MR) is 67.0 cm³/mol. The van der Waals surface area contributed by atoms with E-state index in [0.717, 1.165) is 13.1 Å². The molecule has 1 atom stereocenters. The Morgan fingerprint density at radius 3 is 2.38 bits per heavy atom. The zero-order valence-corrected chi connectivity index (χ0v) is 10.3. The Balaban J connectivity index is 2.61. The zero-order chi connectivity index (χ0) is 11.8. The van der Waals surface area contributed by atoms with Crippen molar-refractivity contribution in [3.05, 3.63) is 30.3 Å². The molecule has 16 heavy (non-hydrogen) atoms. The lowest BCUT2D eigenvalue weighted by Crippen LogP contribution is -2.35. The SMILES string of the molecule is CCN(CC(COC)OC)c1ccccc1. The molecule has 0 aliphatic rings. The molecular weight excluding hydrogens is 202 g/mol. The van der Waals surface area contributed by atoms with Gasteiger partial charge in [0, 0.05) is 33.0 Å². The number of benzene rings is 1. The van der Waals surface area contributed by atoms with Crippen LogP contribution in [0.15, 0.2) is 30.3 Å². The first-order chi connectivity index (χ1) is 7.81. The largest absolute Gasteiger partial charge is 0.382 e. The summed E-state index contributed by atoms with van der Waals surface area (Å²) in [5.41, 5.74) is 1.23. The fourth-order valence-electron chi connectivity index (χ4n) is 1.68. The minimum atomic E-state index is 0.116. The molecule has 0 aliphatic heterocycles. The van der Waals surface area contributed by atoms with Crippen LogP contribution >= 0.6 is 0 Å². The molecule has 0 spiro atoms. The van der Waals surface area contributed by atoms with E-state index < -0.39 is 0 Å². The number of nitrogens with zero attached hydrogens (tertiary/aromatic N) is 1. The van der Waals surface area contributed by atoms with Crippen LogP contribution in [0, 0.1) is 0 Å². The molecule has 0 saturated carbocycles. The van der Waals surface area contributed by atoms with Crippen LogP contribution < -0.4 is 4.90 Å². The molecule has 3 nitrogen and oxygen atoms in total. The monoisotopic (exact) mass is 223 g/mol. The highest BCUT2D eigenvalue weighted by molar-refractivity contribution is 5.45. The lowest BCUT2D eigenvalue weighted by molar-refractivity contribution is 0.0330. The van der Waals surface area contributed by atoms with Crippen LogP contribution in [0.2, 0.25) is 0 Å². The fourth-order valence-corrected chi connectivity index (χ4v) is 1.68. The third kappa shape index (κ3) is 3.83. The Morgan fingerprint density at radius 2 is 1.88 bits per heavy atom. The van der Waals surface area contributed by atoms with Crippen LogP contribution in [0.3, 0.4) is 0 Å². The molecule has 0 bridgehead atoms. The first-order valence-corrected chi connectivity index (χ1v) is 5.63. The second kappa shape index (κ2) is 7.25. The summed E-state index contributed by atoms with van der Waals surface area (Å²) in [6.45, 7) is 4.59. The first-order valence-electron chi connectivity index (χ1n) is 5.63. The molecule has 0 fully saturated rings. The smallest absolute Gasteiger partial charge is 0.0978 e. The maximum absolute atomic E-state index is 5.38. The minimum absolute atomic E-state index is 0.116. The molecule has 0 saturated heterocycles. The molecule has 3 heteroatoms. The summed E-state index contributed by atoms with van der Waals surface area (Å²) in [5.74, 6) is 0. The van der Waals surface area contributed by atoms with E-state index in [1.807, 2.05) is 6.07 Å². The van der Waals surface area contributed by atoms with Gasteiger partial charge in [-0.2, -0.15) is 0 Å². The summed E-state index contributed by atoms with van der Waals surface area (Å²) in [7, 11) is 3.42. The zero-order valence-electron chi connectivity index (χ0n) is 10.3. The Bertz CT molecular complexity index is 277. The number of hydrogen-bond acceptors (Lipinski definition) is 3. The normalized spacial score (nSPS) is 12.4. The minimum Gasteiger partial charge on any atom is -0.382 e. The van der Waals surface area contributed by atoms with E-state index in [9.17, 15) is 0 Å². The van der Waals surface area contributed by atoms with Crippen molar-refractivity contribution in [2.24, 2.45) is 0 Å². The van der Waals surface area contributed by atoms with E-state index >= 15 is 0 Å². The molecule has 1 aromatic carbocycles. The van der Waals surface area contributed by atoms with Crippen molar-refractivity contribution in [2.45, 2.75) is 13.0 Å². The topological polar surface area (TPSA) is 21.7 Å². The van der Waals surface area contributed by atoms with Crippen LogP contribution in [-0.4, -0.2) is 40.0 Å². The van der Waals surface area contributed by atoms with Crippen molar-refractivity contribution in [3.8, 4) is 0 Å². The highest BCUT2D eigenvalue weighted by Gasteiger charge is 2.12. The van der Waals surface area contributed by atoms with E-state index in [2.05, 4.69) is 36.1 Å². The van der Waals surface area contributed by atoms with Crippen molar-refractivity contribution >= 4 is 5.69 Å². The van der Waals surface area contributed by atoms with Crippen molar-refractivity contribution in [3.63, 3.8) is 0 Å². The van der Waals surface area contributed by atoms with E-state index in [1.54, 1.807) is 14.2 Å². The lowest BCUT2D eigenvalue weighted by Gasteiger charge is -2.27. The molecule has 0 aromatic heterocycles. The van der Waals surface area contributed by atoms with Gasteiger partial charge in [-0.3, -0.25) is 0 Å². The number of likely N-dealkylation sites (N-methyl/N-ethyl adjacent to an activating group) is 1. The van der Waals surface area contributed by atoms with Gasteiger partial charge in [0.05, 0.1) is 12.7 Å². The molecule has 1 rings (SSSR count). The van der Waals surface area contributed by atoms with Crippen molar-refractivity contribution < 1.29 is 9.47 Å². The number of anilines is 1. The summed E-state index contributed by atoms with van der Waals surface area (Å²) >= 11 is 0. The molecule has 90 valence electrons. The predicted octanol–water partition coefficient (Wildman–Crippen LogP) is 2.17. The summed E-state index contributed by atoms with van der Waals surface area (Å²) < 4.78 is 10.5. The maximum atomic E-state index is 5.38. The van der Waals surface area contributed by atoms with Crippen LogP contribution in [0.4, 0.5) is 5.69 Å². The van der Waals surface area contributed by atoms with Crippen LogP contribution in [0.25, 0.3) is 0 Å². The van der Waals surface area contributed by atoms with Crippen molar-refractivity contribution in [2.75, 3.05) is 38.8 Å². The maximum Gasteiger partial charge on any atom is 0.0978 e. The Labute approximate surface area is 98.0 Å². The lowest BCUT2D eigenvalue weighted by atomic mass is 10.2. The summed E-state index contributed by atoms with van der Waals surface area (Å²) in [6, 6.07) is 10.4. The van der Waals surface area contributed by atoms with Gasteiger partial charge in [0.25, 0.3) is 0 Å². The average Bonchev–Trinajstić information content (AvgIpc) is 2.35. The van der Waals surface area contributed by atoms with Gasteiger partial charge < -0.3 is 14.4 Å². The van der Waals surface area contributed by atoms with Crippen molar-refractivity contribution in [1.82, 2.24) is 0 Å². The number of hydrogen-bond donors (Lipinski definition) is 0. The van der Waals surface area contributed by atoms with Gasteiger partial charge in [0.1, 0.15) is 0 Å². The van der Waals surface area contributed by atoms with Crippen molar-refractivity contribution in [1.29, 1.82) is 0 Å². The second-order valence-electron chi connectivity index (χ2n) is 3.69. The number of rotatable bonds is 7. The van der Waals surface area contributed by atoms with E-state index in [-0.39, 0.29) is 6.10 Å². The van der Waals surface area contributed by atoms with Gasteiger partial charge in [0.15, 0.2) is 0 Å². The molecule has 0 N–H and O–H groups in total. The van der Waals surface area contributed by atoms with Crippen LogP contribution in [0.1, 0.15) is 6.92 Å². The fraction of sp³-hybridized carbons (Fsp3) is 0.538. The van der Waals surface area contributed by atoms with Gasteiger partial charge >= 0.3 is 0 Å². The van der Waals surface area contributed by atoms with Crippen LogP contribution in [0.5, 0.6) is 0 Å². The van der Waals surface area contributed by atoms with E-state index in [0.29, 0.717) is 6.61 Å². The van der Waals surface area contributed by atoms with E-state index in [4.69, 9.17) is 9.47 Å². The van der Waals surface area contributed by atoms with Gasteiger partial charge in [-0.15, -0.1) is 0 Å². The average molecular weight is 223 g/mol. The Kier molecular flexibility index (Phi) is 5.90. The highest BCUT2D eigenvalue weighted by atomic mass is 16.5. The van der Waals surface area contributed by atoms with Gasteiger partial charge in [-0.05, 0) is 19.1 Å². The molecule has 0 aliphatic carbocycles. The second-order valence-corrected chi connectivity index (χ2v) is 3.69. The number of methoxy groups -OCH3 is 2. The Hall–Kier alpha value is -1.06. The number of para-hydroxylation sites is 1. The van der Waals surface area contributed by atoms with Gasteiger partial charge in [0.2, 0.25) is 0 Å². The molecule has 0 amide bonds. The van der Waals surface area contributed by atoms with Crippen LogP contribution in [-0.2, 0) is 9.47 Å². The third-order valence-electron chi connectivity index (χ3n) is 2.61. The Morgan fingerprint density at radius 1 is 1.19 bits per heavy atom. The quantitative estimate of drug-likeness (QED) is 0.707. The van der Waals surface area contributed by atoms with Gasteiger partial charge in [-0.1, -0.05) is 18.2 Å². The summed E-state index contributed by atoms with van der Waals surface area (Å²) in [6.07, 6.45) is 0.116. The molecule has 0 heterocycles.